The molecular formula is C13H12Cl2N2. The van der Waals surface area contributed by atoms with Crippen LogP contribution < -0.4 is 0 Å². The molecule has 1 aromatic carbocycles. The molecule has 0 saturated heterocycles. The summed E-state index contributed by atoms with van der Waals surface area (Å²) in [4.78, 5) is 4.35. The van der Waals surface area contributed by atoms with Gasteiger partial charge in [-0.2, -0.15) is 0 Å². The molecule has 0 aliphatic heterocycles. The molecule has 1 aromatic heterocycles. The lowest BCUT2D eigenvalue weighted by molar-refractivity contribution is 0.874. The molecule has 88 valence electrons. The minimum Gasteiger partial charge on any atom is -0.347 e. The lowest BCUT2D eigenvalue weighted by atomic mass is 10.3. The zero-order valence-corrected chi connectivity index (χ0v) is 11.1. The summed E-state index contributed by atoms with van der Waals surface area (Å²) in [5.41, 5.74) is 2.89. The number of nitrogens with zero attached hydrogens (tertiary/aromatic N) is 2. The summed E-state index contributed by atoms with van der Waals surface area (Å²) in [5.74, 6) is 0. The third kappa shape index (κ3) is 2.54. The quantitative estimate of drug-likeness (QED) is 0.718. The van der Waals surface area contributed by atoms with Crippen molar-refractivity contribution in [2.75, 3.05) is 0 Å². The highest BCUT2D eigenvalue weighted by atomic mass is 35.5. The van der Waals surface area contributed by atoms with Gasteiger partial charge >= 0.3 is 0 Å². The first-order valence-electron chi connectivity index (χ1n) is 5.20. The van der Waals surface area contributed by atoms with Crippen LogP contribution in [0.15, 0.2) is 35.3 Å². The minimum atomic E-state index is 0.483. The first kappa shape index (κ1) is 12.2. The molecule has 0 N–H and O–H groups in total. The van der Waals surface area contributed by atoms with Crippen molar-refractivity contribution in [3.05, 3.63) is 51.8 Å². The van der Waals surface area contributed by atoms with Crippen LogP contribution in [0.3, 0.4) is 0 Å². The van der Waals surface area contributed by atoms with Gasteiger partial charge in [-0.3, -0.25) is 4.99 Å². The van der Waals surface area contributed by atoms with Crippen LogP contribution in [0.2, 0.25) is 10.0 Å². The molecule has 4 heteroatoms. The third-order valence-corrected chi connectivity index (χ3v) is 3.49. The van der Waals surface area contributed by atoms with Crippen molar-refractivity contribution in [1.82, 2.24) is 4.57 Å². The molecule has 1 heterocycles. The molecule has 0 bridgehead atoms. The second-order valence-corrected chi connectivity index (χ2v) is 4.57. The van der Waals surface area contributed by atoms with Crippen molar-refractivity contribution >= 4 is 35.1 Å². The molecule has 2 aromatic rings. The monoisotopic (exact) mass is 266 g/mol. The van der Waals surface area contributed by atoms with Crippen molar-refractivity contribution in [2.45, 2.75) is 6.92 Å². The van der Waals surface area contributed by atoms with E-state index >= 15 is 0 Å². The van der Waals surface area contributed by atoms with E-state index in [1.807, 2.05) is 38.2 Å². The van der Waals surface area contributed by atoms with Gasteiger partial charge in [0.15, 0.2) is 0 Å². The van der Waals surface area contributed by atoms with Gasteiger partial charge in [-0.1, -0.05) is 29.3 Å². The van der Waals surface area contributed by atoms with Gasteiger partial charge in [-0.05, 0) is 31.2 Å². The maximum Gasteiger partial charge on any atom is 0.0848 e. The fraction of sp³-hybridized carbons (Fsp3) is 0.154. The number of halogens is 2. The first-order valence-corrected chi connectivity index (χ1v) is 5.95. The van der Waals surface area contributed by atoms with Crippen LogP contribution in [0, 0.1) is 6.92 Å². The van der Waals surface area contributed by atoms with Gasteiger partial charge in [0.1, 0.15) is 0 Å². The summed E-state index contributed by atoms with van der Waals surface area (Å²) in [7, 11) is 2.00. The Morgan fingerprint density at radius 2 is 1.94 bits per heavy atom. The number of hydrogen-bond donors (Lipinski definition) is 0. The van der Waals surface area contributed by atoms with E-state index in [0.717, 1.165) is 5.69 Å². The molecule has 2 rings (SSSR count). The highest BCUT2D eigenvalue weighted by Crippen LogP contribution is 2.31. The van der Waals surface area contributed by atoms with Crippen LogP contribution in [-0.4, -0.2) is 10.8 Å². The van der Waals surface area contributed by atoms with Gasteiger partial charge in [0.2, 0.25) is 0 Å². The maximum atomic E-state index is 6.05. The Bertz CT molecular complexity index is 571. The van der Waals surface area contributed by atoms with E-state index in [4.69, 9.17) is 23.2 Å². The average Bonchev–Trinajstić information content (AvgIpc) is 2.62. The largest absolute Gasteiger partial charge is 0.347 e. The molecule has 0 saturated carbocycles. The van der Waals surface area contributed by atoms with E-state index in [0.29, 0.717) is 15.7 Å². The third-order valence-electron chi connectivity index (χ3n) is 2.68. The van der Waals surface area contributed by atoms with Crippen LogP contribution in [0.1, 0.15) is 11.4 Å². The Hall–Kier alpha value is -1.25. The maximum absolute atomic E-state index is 6.05. The topological polar surface area (TPSA) is 17.3 Å². The Labute approximate surface area is 111 Å². The van der Waals surface area contributed by atoms with E-state index in [1.54, 1.807) is 12.3 Å². The average molecular weight is 267 g/mol. The Morgan fingerprint density at radius 3 is 2.59 bits per heavy atom. The predicted molar refractivity (Wildman–Crippen MR) is 73.9 cm³/mol. The molecule has 2 nitrogen and oxygen atoms in total. The fourth-order valence-electron chi connectivity index (χ4n) is 1.49. The van der Waals surface area contributed by atoms with Crippen LogP contribution in [-0.2, 0) is 7.05 Å². The van der Waals surface area contributed by atoms with Crippen LogP contribution in [0.5, 0.6) is 0 Å². The van der Waals surface area contributed by atoms with Gasteiger partial charge in [0.05, 0.1) is 27.6 Å². The van der Waals surface area contributed by atoms with Crippen molar-refractivity contribution in [3.63, 3.8) is 0 Å². The van der Waals surface area contributed by atoms with Gasteiger partial charge in [-0.15, -0.1) is 0 Å². The number of aromatic nitrogens is 1. The van der Waals surface area contributed by atoms with Crippen molar-refractivity contribution < 1.29 is 0 Å². The summed E-state index contributed by atoms with van der Waals surface area (Å²) < 4.78 is 2.06. The van der Waals surface area contributed by atoms with E-state index in [2.05, 4.69) is 9.56 Å². The lowest BCUT2D eigenvalue weighted by Crippen LogP contribution is -1.96. The van der Waals surface area contributed by atoms with Crippen LogP contribution in [0.4, 0.5) is 5.69 Å². The number of hydrogen-bond acceptors (Lipinski definition) is 1. The van der Waals surface area contributed by atoms with Crippen LogP contribution in [0.25, 0.3) is 0 Å². The SMILES string of the molecule is Cc1ccc(C=Nc2cccc(Cl)c2Cl)n1C. The Balaban J connectivity index is 2.32. The summed E-state index contributed by atoms with van der Waals surface area (Å²) in [6, 6.07) is 9.46. The first-order chi connectivity index (χ1) is 8.09. The van der Waals surface area contributed by atoms with Gasteiger partial charge in [-0.25, -0.2) is 0 Å². The zero-order valence-electron chi connectivity index (χ0n) is 9.61. The van der Waals surface area contributed by atoms with Gasteiger partial charge in [0.25, 0.3) is 0 Å². The van der Waals surface area contributed by atoms with Crippen LogP contribution >= 0.6 is 23.2 Å². The summed E-state index contributed by atoms with van der Waals surface area (Å²) >= 11 is 12.0. The molecule has 0 atom stereocenters. The lowest BCUT2D eigenvalue weighted by Gasteiger charge is -2.01. The second-order valence-electron chi connectivity index (χ2n) is 3.79. The number of rotatable bonds is 2. The van der Waals surface area contributed by atoms with Crippen molar-refractivity contribution in [3.8, 4) is 0 Å². The highest BCUT2D eigenvalue weighted by molar-refractivity contribution is 6.43. The van der Waals surface area contributed by atoms with E-state index in [9.17, 15) is 0 Å². The second kappa shape index (κ2) is 4.94. The van der Waals surface area contributed by atoms with Gasteiger partial charge in [0, 0.05) is 12.7 Å². The Morgan fingerprint density at radius 1 is 1.18 bits per heavy atom. The molecular weight excluding hydrogens is 255 g/mol. The normalized spacial score (nSPS) is 11.3. The molecule has 0 fully saturated rings. The summed E-state index contributed by atoms with van der Waals surface area (Å²) in [5, 5.41) is 1.00. The van der Waals surface area contributed by atoms with E-state index in [1.165, 1.54) is 5.69 Å². The summed E-state index contributed by atoms with van der Waals surface area (Å²) in [6.45, 7) is 2.05. The number of aliphatic imine (C=N–C) groups is 1. The molecule has 0 unspecified atom stereocenters. The zero-order chi connectivity index (χ0) is 12.4. The molecule has 17 heavy (non-hydrogen) atoms. The molecule has 0 aliphatic carbocycles. The van der Waals surface area contributed by atoms with Crippen molar-refractivity contribution in [1.29, 1.82) is 0 Å². The summed E-state index contributed by atoms with van der Waals surface area (Å²) in [6.07, 6.45) is 1.78. The van der Waals surface area contributed by atoms with E-state index < -0.39 is 0 Å². The minimum absolute atomic E-state index is 0.483. The standard InChI is InChI=1S/C13H12Cl2N2/c1-9-6-7-10(17(9)2)8-16-12-5-3-4-11(14)13(12)15/h3-8H,1-2H3. The molecule has 0 amide bonds. The molecule has 0 spiro atoms. The molecule has 0 aliphatic rings. The number of benzene rings is 1. The smallest absolute Gasteiger partial charge is 0.0848 e. The predicted octanol–water partition coefficient (Wildman–Crippen LogP) is 4.39. The number of aryl methyl sites for hydroxylation is 1. The van der Waals surface area contributed by atoms with E-state index in [-0.39, 0.29) is 0 Å². The Kier molecular flexibility index (Phi) is 3.55. The van der Waals surface area contributed by atoms with Gasteiger partial charge < -0.3 is 4.57 Å². The highest BCUT2D eigenvalue weighted by Gasteiger charge is 2.02. The molecule has 0 radical (unpaired) electrons. The fourth-order valence-corrected chi connectivity index (χ4v) is 1.83. The van der Waals surface area contributed by atoms with Crippen molar-refractivity contribution in [2.24, 2.45) is 12.0 Å².